The maximum Gasteiger partial charge on any atom is 0.326 e. The maximum atomic E-state index is 13.2. The van der Waals surface area contributed by atoms with Gasteiger partial charge in [-0.2, -0.15) is 12.6 Å². The van der Waals surface area contributed by atoms with E-state index in [0.29, 0.717) is 25.1 Å². The number of hydrogen-bond acceptors (Lipinski definition) is 8. The highest BCUT2D eigenvalue weighted by molar-refractivity contribution is 7.80. The van der Waals surface area contributed by atoms with Crippen molar-refractivity contribution in [1.29, 1.82) is 0 Å². The fourth-order valence-corrected chi connectivity index (χ4v) is 3.71. The predicted molar refractivity (Wildman–Crippen MR) is 141 cm³/mol. The minimum Gasteiger partial charge on any atom is -0.480 e. The lowest BCUT2D eigenvalue weighted by Crippen LogP contribution is -2.58. The zero-order valence-electron chi connectivity index (χ0n) is 20.4. The van der Waals surface area contributed by atoms with E-state index >= 15 is 0 Å². The molecule has 0 fully saturated rings. The minimum absolute atomic E-state index is 0.0227. The van der Waals surface area contributed by atoms with Crippen LogP contribution in [0.5, 0.6) is 0 Å². The number of unbranched alkanes of at least 4 members (excludes halogenated alkanes) is 1. The number of hydrogen-bond donors (Lipinski definition) is 8. The van der Waals surface area contributed by atoms with Gasteiger partial charge in [-0.1, -0.05) is 30.3 Å². The molecule has 0 aliphatic heterocycles. The van der Waals surface area contributed by atoms with Crippen molar-refractivity contribution in [2.75, 3.05) is 12.3 Å². The maximum absolute atomic E-state index is 13.2. The number of rotatable bonds is 16. The summed E-state index contributed by atoms with van der Waals surface area (Å²) in [6, 6.07) is 4.63. The van der Waals surface area contributed by atoms with Crippen LogP contribution in [-0.4, -0.2) is 75.2 Å². The van der Waals surface area contributed by atoms with Crippen LogP contribution in [-0.2, 0) is 32.0 Å². The Morgan fingerprint density at radius 1 is 0.946 bits per heavy atom. The number of aliphatic carboxylic acids is 1. The number of nitrogens with one attached hydrogen (secondary N) is 4. The summed E-state index contributed by atoms with van der Waals surface area (Å²) in [7, 11) is 0. The van der Waals surface area contributed by atoms with Crippen molar-refractivity contribution < 1.29 is 24.3 Å². The number of H-pyrrole nitrogens is 1. The molecule has 0 bridgehead atoms. The van der Waals surface area contributed by atoms with Gasteiger partial charge in [-0.15, -0.1) is 0 Å². The van der Waals surface area contributed by atoms with Crippen molar-refractivity contribution in [2.24, 2.45) is 11.5 Å². The van der Waals surface area contributed by atoms with E-state index in [9.17, 15) is 24.3 Å². The number of carboxylic acids is 1. The number of benzene rings is 1. The van der Waals surface area contributed by atoms with Crippen LogP contribution < -0.4 is 27.4 Å². The standard InChI is InChI=1S/C24H35N7O5S/c25-9-5-4-8-18(29-21(32)17(26)13-37)22(33)30-19(11-16-12-27-14-28-16)23(34)31-20(24(35)36)10-15-6-2-1-3-7-15/h1-3,6-7,12,14,17-20,37H,4-5,8-11,13,25-26H2,(H,27,28)(H,29,32)(H,30,33)(H,31,34)(H,35,36). The summed E-state index contributed by atoms with van der Waals surface area (Å²) in [4.78, 5) is 57.4. The van der Waals surface area contributed by atoms with Gasteiger partial charge in [0.25, 0.3) is 0 Å². The summed E-state index contributed by atoms with van der Waals surface area (Å²) in [5.74, 6) is -2.97. The third kappa shape index (κ3) is 10.2. The molecule has 2 aromatic rings. The van der Waals surface area contributed by atoms with Gasteiger partial charge >= 0.3 is 5.97 Å². The van der Waals surface area contributed by atoms with Gasteiger partial charge in [-0.25, -0.2) is 9.78 Å². The third-order valence-electron chi connectivity index (χ3n) is 5.62. The highest BCUT2D eigenvalue weighted by Gasteiger charge is 2.30. The SMILES string of the molecule is NCCCCC(NC(=O)C(N)CS)C(=O)NC(Cc1cnc[nH]1)C(=O)NC(Cc1ccccc1)C(=O)O. The minimum atomic E-state index is -1.22. The highest BCUT2D eigenvalue weighted by Crippen LogP contribution is 2.07. The van der Waals surface area contributed by atoms with Crippen molar-refractivity contribution in [1.82, 2.24) is 25.9 Å². The molecule has 37 heavy (non-hydrogen) atoms. The number of aromatic amines is 1. The molecule has 1 aromatic heterocycles. The summed E-state index contributed by atoms with van der Waals surface area (Å²) >= 11 is 4.02. The van der Waals surface area contributed by atoms with Crippen LogP contribution in [0.4, 0.5) is 0 Å². The number of imidazole rings is 1. The molecular weight excluding hydrogens is 498 g/mol. The number of nitrogens with zero attached hydrogens (tertiary/aromatic N) is 1. The van der Waals surface area contributed by atoms with Crippen LogP contribution in [0.3, 0.4) is 0 Å². The zero-order chi connectivity index (χ0) is 27.2. The monoisotopic (exact) mass is 533 g/mol. The van der Waals surface area contributed by atoms with Gasteiger partial charge < -0.3 is 37.5 Å². The second-order valence-corrected chi connectivity index (χ2v) is 8.93. The molecule has 12 nitrogen and oxygen atoms in total. The van der Waals surface area contributed by atoms with E-state index in [-0.39, 0.29) is 25.0 Å². The number of carboxylic acid groups (broad SMARTS) is 1. The predicted octanol–water partition coefficient (Wildman–Crippen LogP) is -0.880. The third-order valence-corrected chi connectivity index (χ3v) is 6.02. The lowest BCUT2D eigenvalue weighted by Gasteiger charge is -2.25. The summed E-state index contributed by atoms with van der Waals surface area (Å²) in [5.41, 5.74) is 12.6. The topological polar surface area (TPSA) is 205 Å². The molecule has 202 valence electrons. The zero-order valence-corrected chi connectivity index (χ0v) is 21.3. The fraction of sp³-hybridized carbons (Fsp3) is 0.458. The summed E-state index contributed by atoms with van der Waals surface area (Å²) < 4.78 is 0. The Kier molecular flexibility index (Phi) is 12.6. The van der Waals surface area contributed by atoms with Gasteiger partial charge in [0.05, 0.1) is 12.4 Å². The lowest BCUT2D eigenvalue weighted by molar-refractivity contribution is -0.142. The van der Waals surface area contributed by atoms with E-state index in [4.69, 9.17) is 11.5 Å². The molecule has 0 saturated heterocycles. The van der Waals surface area contributed by atoms with E-state index < -0.39 is 47.9 Å². The van der Waals surface area contributed by atoms with Crippen molar-refractivity contribution in [3.63, 3.8) is 0 Å². The van der Waals surface area contributed by atoms with Gasteiger partial charge in [0.15, 0.2) is 0 Å². The molecule has 2 rings (SSSR count). The molecule has 0 radical (unpaired) electrons. The number of thiol groups is 1. The number of carbonyl (C=O) groups excluding carboxylic acids is 3. The van der Waals surface area contributed by atoms with Crippen LogP contribution in [0.1, 0.15) is 30.5 Å². The first-order valence-electron chi connectivity index (χ1n) is 12.0. The first kappa shape index (κ1) is 29.8. The van der Waals surface area contributed by atoms with Crippen molar-refractivity contribution in [2.45, 2.75) is 56.3 Å². The number of nitrogens with two attached hydrogens (primary N) is 2. The smallest absolute Gasteiger partial charge is 0.326 e. The molecule has 3 amide bonds. The Bertz CT molecular complexity index is 1010. The van der Waals surface area contributed by atoms with Crippen LogP contribution in [0.25, 0.3) is 0 Å². The van der Waals surface area contributed by atoms with Gasteiger partial charge in [0.1, 0.15) is 18.1 Å². The van der Waals surface area contributed by atoms with Crippen molar-refractivity contribution in [3.8, 4) is 0 Å². The highest BCUT2D eigenvalue weighted by atomic mass is 32.1. The van der Waals surface area contributed by atoms with E-state index in [2.05, 4.69) is 38.5 Å². The number of amides is 3. The normalized spacial score (nSPS) is 14.1. The molecule has 0 spiro atoms. The molecule has 0 aliphatic carbocycles. The molecule has 4 unspecified atom stereocenters. The molecule has 13 heteroatoms. The Morgan fingerprint density at radius 2 is 1.59 bits per heavy atom. The molecule has 4 atom stereocenters. The van der Waals surface area contributed by atoms with Gasteiger partial charge in [0, 0.05) is 30.5 Å². The number of aromatic nitrogens is 2. The van der Waals surface area contributed by atoms with Crippen LogP contribution in [0.2, 0.25) is 0 Å². The average Bonchev–Trinajstić information content (AvgIpc) is 3.40. The Morgan fingerprint density at radius 3 is 2.19 bits per heavy atom. The molecule has 0 saturated carbocycles. The second kappa shape index (κ2) is 15.6. The Balaban J connectivity index is 2.19. The fourth-order valence-electron chi connectivity index (χ4n) is 3.54. The van der Waals surface area contributed by atoms with E-state index in [1.807, 2.05) is 0 Å². The summed E-state index contributed by atoms with van der Waals surface area (Å²) in [6.45, 7) is 0.418. The lowest BCUT2D eigenvalue weighted by atomic mass is 10.0. The Hall–Kier alpha value is -3.42. The largest absolute Gasteiger partial charge is 0.480 e. The average molecular weight is 534 g/mol. The Labute approximate surface area is 220 Å². The van der Waals surface area contributed by atoms with E-state index in [0.717, 1.165) is 5.56 Å². The molecule has 9 N–H and O–H groups in total. The van der Waals surface area contributed by atoms with E-state index in [1.165, 1.54) is 12.5 Å². The molecular formula is C24H35N7O5S. The number of carbonyl (C=O) groups is 4. The van der Waals surface area contributed by atoms with Crippen LogP contribution in [0.15, 0.2) is 42.9 Å². The van der Waals surface area contributed by atoms with Crippen molar-refractivity contribution >= 4 is 36.3 Å². The summed E-state index contributed by atoms with van der Waals surface area (Å²) in [6.07, 6.45) is 4.48. The van der Waals surface area contributed by atoms with Gasteiger partial charge in [0.2, 0.25) is 17.7 Å². The van der Waals surface area contributed by atoms with Gasteiger partial charge in [-0.3, -0.25) is 14.4 Å². The van der Waals surface area contributed by atoms with E-state index in [1.54, 1.807) is 30.3 Å². The first-order valence-corrected chi connectivity index (χ1v) is 12.6. The first-order chi connectivity index (χ1) is 17.7. The van der Waals surface area contributed by atoms with Crippen LogP contribution in [0, 0.1) is 0 Å². The second-order valence-electron chi connectivity index (χ2n) is 8.57. The summed E-state index contributed by atoms with van der Waals surface area (Å²) in [5, 5.41) is 17.5. The van der Waals surface area contributed by atoms with Crippen molar-refractivity contribution in [3.05, 3.63) is 54.1 Å². The molecule has 1 aromatic carbocycles. The van der Waals surface area contributed by atoms with Crippen LogP contribution >= 0.6 is 12.6 Å². The van der Waals surface area contributed by atoms with Gasteiger partial charge in [-0.05, 0) is 31.4 Å². The quantitative estimate of drug-likeness (QED) is 0.100. The molecule has 0 aliphatic rings. The molecule has 1 heterocycles.